The van der Waals surface area contributed by atoms with Crippen LogP contribution in [-0.2, 0) is 0 Å². The van der Waals surface area contributed by atoms with Gasteiger partial charge in [-0.2, -0.15) is 0 Å². The van der Waals surface area contributed by atoms with Crippen LogP contribution in [0, 0.1) is 0 Å². The molecule has 0 saturated carbocycles. The minimum absolute atomic E-state index is 0.0671. The maximum absolute atomic E-state index is 11.4. The molecule has 0 saturated heterocycles. The second-order valence-corrected chi connectivity index (χ2v) is 5.18. The van der Waals surface area contributed by atoms with Crippen molar-refractivity contribution in [3.8, 4) is 11.5 Å². The quantitative estimate of drug-likeness (QED) is 0.804. The smallest absolute Gasteiger partial charge is 0.178 e. The summed E-state index contributed by atoms with van der Waals surface area (Å²) < 4.78 is 12.3. The molecule has 18 heavy (non-hydrogen) atoms. The molecule has 0 fully saturated rings. The van der Waals surface area contributed by atoms with E-state index in [4.69, 9.17) is 9.47 Å². The van der Waals surface area contributed by atoms with Gasteiger partial charge in [-0.3, -0.25) is 4.79 Å². The molecule has 2 rings (SSSR count). The van der Waals surface area contributed by atoms with E-state index in [1.54, 1.807) is 26.4 Å². The number of hydrogen-bond donors (Lipinski definition) is 0. The lowest BCUT2D eigenvalue weighted by molar-refractivity contribution is 0.406. The Kier molecular flexibility index (Phi) is 3.92. The molecule has 2 aromatic rings. The number of rotatable bonds is 2. The first-order chi connectivity index (χ1) is 8.60. The second-order valence-electron chi connectivity index (χ2n) is 3.59. The number of hydrogen-bond acceptors (Lipinski definition) is 3. The first-order valence-corrected chi connectivity index (χ1v) is 6.71. The molecular formula is C13H10Br2O3. The average Bonchev–Trinajstić information content (AvgIpc) is 2.55. The van der Waals surface area contributed by atoms with Gasteiger partial charge < -0.3 is 9.47 Å². The van der Waals surface area contributed by atoms with Crippen LogP contribution in [0.4, 0.5) is 0 Å². The SMILES string of the molecule is COc1c(Br)c(Br)c(OC)c2ccc(=O)ccc12. The minimum atomic E-state index is -0.0671. The Hall–Kier alpha value is -1.07. The van der Waals surface area contributed by atoms with Gasteiger partial charge in [-0.25, -0.2) is 0 Å². The Balaban J connectivity index is 3.06. The maximum Gasteiger partial charge on any atom is 0.178 e. The fourth-order valence-corrected chi connectivity index (χ4v) is 2.91. The van der Waals surface area contributed by atoms with Gasteiger partial charge in [0, 0.05) is 10.8 Å². The van der Waals surface area contributed by atoms with Crippen LogP contribution in [0.25, 0.3) is 10.8 Å². The van der Waals surface area contributed by atoms with E-state index < -0.39 is 0 Å². The van der Waals surface area contributed by atoms with Gasteiger partial charge in [-0.05, 0) is 56.1 Å². The van der Waals surface area contributed by atoms with Crippen molar-refractivity contribution in [1.29, 1.82) is 0 Å². The van der Waals surface area contributed by atoms with Crippen molar-refractivity contribution in [2.75, 3.05) is 14.2 Å². The zero-order valence-corrected chi connectivity index (χ0v) is 13.0. The molecule has 0 aliphatic heterocycles. The second kappa shape index (κ2) is 5.28. The van der Waals surface area contributed by atoms with Crippen LogP contribution in [0.1, 0.15) is 0 Å². The molecule has 0 aliphatic carbocycles. The van der Waals surface area contributed by atoms with Crippen LogP contribution in [0.2, 0.25) is 0 Å². The number of ether oxygens (including phenoxy) is 2. The largest absolute Gasteiger partial charge is 0.495 e. The normalized spacial score (nSPS) is 10.4. The van der Waals surface area contributed by atoms with Gasteiger partial charge in [0.05, 0.1) is 23.2 Å². The Morgan fingerprint density at radius 3 is 1.56 bits per heavy atom. The summed E-state index contributed by atoms with van der Waals surface area (Å²) >= 11 is 6.91. The predicted octanol–water partition coefficient (Wildman–Crippen LogP) is 3.74. The molecule has 0 N–H and O–H groups in total. The molecule has 0 spiro atoms. The van der Waals surface area contributed by atoms with Crippen LogP contribution < -0.4 is 14.9 Å². The summed E-state index contributed by atoms with van der Waals surface area (Å²) in [6, 6.07) is 6.47. The summed E-state index contributed by atoms with van der Waals surface area (Å²) in [5.41, 5.74) is -0.0671. The molecule has 0 atom stereocenters. The first kappa shape index (κ1) is 13.4. The average molecular weight is 374 g/mol. The van der Waals surface area contributed by atoms with Gasteiger partial charge in [0.2, 0.25) is 0 Å². The number of fused-ring (bicyclic) bond motifs is 1. The van der Waals surface area contributed by atoms with E-state index in [0.717, 1.165) is 19.7 Å². The van der Waals surface area contributed by atoms with E-state index in [0.29, 0.717) is 11.5 Å². The van der Waals surface area contributed by atoms with Crippen molar-refractivity contribution in [3.63, 3.8) is 0 Å². The highest BCUT2D eigenvalue weighted by Gasteiger charge is 2.16. The van der Waals surface area contributed by atoms with Crippen LogP contribution >= 0.6 is 31.9 Å². The van der Waals surface area contributed by atoms with E-state index in [9.17, 15) is 4.79 Å². The molecule has 0 radical (unpaired) electrons. The van der Waals surface area contributed by atoms with Gasteiger partial charge in [-0.1, -0.05) is 0 Å². The van der Waals surface area contributed by atoms with Crippen LogP contribution in [-0.4, -0.2) is 14.2 Å². The lowest BCUT2D eigenvalue weighted by Gasteiger charge is -2.13. The molecule has 0 heterocycles. The lowest BCUT2D eigenvalue weighted by Crippen LogP contribution is -1.92. The standard InChI is InChI=1S/C13H10Br2O3/c1-17-12-8-5-3-7(16)4-6-9(8)13(18-2)11(15)10(12)14/h3-6H,1-2H3. The third kappa shape index (κ3) is 2.12. The van der Waals surface area contributed by atoms with Gasteiger partial charge in [0.15, 0.2) is 5.43 Å². The summed E-state index contributed by atoms with van der Waals surface area (Å²) in [4.78, 5) is 11.4. The van der Waals surface area contributed by atoms with Gasteiger partial charge in [0.25, 0.3) is 0 Å². The molecule has 0 aromatic heterocycles. The van der Waals surface area contributed by atoms with E-state index in [1.807, 2.05) is 0 Å². The van der Waals surface area contributed by atoms with Crippen molar-refractivity contribution in [1.82, 2.24) is 0 Å². The van der Waals surface area contributed by atoms with Crippen molar-refractivity contribution >= 4 is 42.6 Å². The zero-order valence-electron chi connectivity index (χ0n) is 9.79. The van der Waals surface area contributed by atoms with Crippen molar-refractivity contribution < 1.29 is 9.47 Å². The highest BCUT2D eigenvalue weighted by atomic mass is 79.9. The predicted molar refractivity (Wildman–Crippen MR) is 78.7 cm³/mol. The zero-order chi connectivity index (χ0) is 13.3. The molecule has 0 amide bonds. The summed E-state index contributed by atoms with van der Waals surface area (Å²) in [6.45, 7) is 0. The van der Waals surface area contributed by atoms with E-state index >= 15 is 0 Å². The summed E-state index contributed by atoms with van der Waals surface area (Å²) in [7, 11) is 3.17. The van der Waals surface area contributed by atoms with Crippen LogP contribution in [0.15, 0.2) is 38.0 Å². The van der Waals surface area contributed by atoms with Crippen LogP contribution in [0.3, 0.4) is 0 Å². The molecular weight excluding hydrogens is 364 g/mol. The summed E-state index contributed by atoms with van der Waals surface area (Å²) in [5.74, 6) is 1.32. The minimum Gasteiger partial charge on any atom is -0.495 e. The fraction of sp³-hybridized carbons (Fsp3) is 0.154. The van der Waals surface area contributed by atoms with Gasteiger partial charge >= 0.3 is 0 Å². The fourth-order valence-electron chi connectivity index (χ4n) is 1.80. The Morgan fingerprint density at radius 1 is 0.833 bits per heavy atom. The molecule has 2 aromatic carbocycles. The molecule has 3 nitrogen and oxygen atoms in total. The first-order valence-electron chi connectivity index (χ1n) is 5.13. The van der Waals surface area contributed by atoms with E-state index in [2.05, 4.69) is 31.9 Å². The Labute approximate surface area is 121 Å². The topological polar surface area (TPSA) is 35.5 Å². The lowest BCUT2D eigenvalue weighted by atomic mass is 10.1. The van der Waals surface area contributed by atoms with Crippen molar-refractivity contribution in [2.24, 2.45) is 0 Å². The van der Waals surface area contributed by atoms with E-state index in [1.165, 1.54) is 12.1 Å². The number of benzene rings is 1. The van der Waals surface area contributed by atoms with Gasteiger partial charge in [-0.15, -0.1) is 0 Å². The molecule has 0 aliphatic rings. The van der Waals surface area contributed by atoms with Crippen LogP contribution in [0.5, 0.6) is 11.5 Å². The monoisotopic (exact) mass is 372 g/mol. The third-order valence-electron chi connectivity index (χ3n) is 2.61. The highest BCUT2D eigenvalue weighted by molar-refractivity contribution is 9.13. The highest BCUT2D eigenvalue weighted by Crippen LogP contribution is 2.46. The van der Waals surface area contributed by atoms with Crippen molar-refractivity contribution in [2.45, 2.75) is 0 Å². The summed E-state index contributed by atoms with van der Waals surface area (Å²) in [6.07, 6.45) is 0. The Bertz CT molecular complexity index is 613. The summed E-state index contributed by atoms with van der Waals surface area (Å²) in [5, 5.41) is 1.62. The Morgan fingerprint density at radius 2 is 1.22 bits per heavy atom. The number of halogens is 2. The molecule has 0 bridgehead atoms. The maximum atomic E-state index is 11.4. The van der Waals surface area contributed by atoms with E-state index in [-0.39, 0.29) is 5.43 Å². The van der Waals surface area contributed by atoms with Gasteiger partial charge in [0.1, 0.15) is 11.5 Å². The third-order valence-corrected chi connectivity index (χ3v) is 4.65. The van der Waals surface area contributed by atoms with Crippen molar-refractivity contribution in [3.05, 3.63) is 43.4 Å². The molecule has 0 unspecified atom stereocenters. The molecule has 94 valence electrons. The number of methoxy groups -OCH3 is 2. The molecule has 5 heteroatoms.